The van der Waals surface area contributed by atoms with Crippen molar-refractivity contribution in [2.24, 2.45) is 0 Å². The van der Waals surface area contributed by atoms with E-state index in [-0.39, 0.29) is 24.0 Å². The Hall–Kier alpha value is -2.41. The minimum atomic E-state index is -0.427. The lowest BCUT2D eigenvalue weighted by Gasteiger charge is -2.15. The SMILES string of the molecule is CC(=O)N1CCc2cc(NC(=O)CNc3ccc(Br)cc3F)ccc21. The van der Waals surface area contributed by atoms with Crippen molar-refractivity contribution in [1.29, 1.82) is 0 Å². The van der Waals surface area contributed by atoms with Gasteiger partial charge in [0.15, 0.2) is 0 Å². The molecule has 2 amide bonds. The monoisotopic (exact) mass is 405 g/mol. The van der Waals surface area contributed by atoms with Gasteiger partial charge in [0.05, 0.1) is 12.2 Å². The van der Waals surface area contributed by atoms with E-state index in [9.17, 15) is 14.0 Å². The van der Waals surface area contributed by atoms with E-state index in [1.165, 1.54) is 13.0 Å². The van der Waals surface area contributed by atoms with Crippen LogP contribution in [0.4, 0.5) is 21.5 Å². The molecule has 0 fully saturated rings. The first-order valence-corrected chi connectivity index (χ1v) is 8.63. The predicted molar refractivity (Wildman–Crippen MR) is 99.4 cm³/mol. The van der Waals surface area contributed by atoms with Gasteiger partial charge in [0, 0.05) is 29.3 Å². The number of fused-ring (bicyclic) bond motifs is 1. The Labute approximate surface area is 153 Å². The second kappa shape index (κ2) is 7.23. The van der Waals surface area contributed by atoms with Crippen LogP contribution in [0.5, 0.6) is 0 Å². The van der Waals surface area contributed by atoms with Gasteiger partial charge in [-0.2, -0.15) is 0 Å². The summed E-state index contributed by atoms with van der Waals surface area (Å²) in [6.45, 7) is 2.15. The van der Waals surface area contributed by atoms with E-state index in [1.54, 1.807) is 23.1 Å². The zero-order chi connectivity index (χ0) is 18.0. The molecule has 3 rings (SSSR count). The van der Waals surface area contributed by atoms with E-state index in [0.29, 0.717) is 16.7 Å². The molecule has 0 spiro atoms. The molecule has 0 atom stereocenters. The highest BCUT2D eigenvalue weighted by atomic mass is 79.9. The molecule has 0 saturated heterocycles. The van der Waals surface area contributed by atoms with E-state index >= 15 is 0 Å². The number of nitrogens with zero attached hydrogens (tertiary/aromatic N) is 1. The molecule has 0 aliphatic carbocycles. The van der Waals surface area contributed by atoms with Gasteiger partial charge in [0.2, 0.25) is 11.8 Å². The van der Waals surface area contributed by atoms with Crippen LogP contribution in [0.15, 0.2) is 40.9 Å². The first-order valence-electron chi connectivity index (χ1n) is 7.84. The van der Waals surface area contributed by atoms with Crippen molar-refractivity contribution < 1.29 is 14.0 Å². The molecule has 0 aromatic heterocycles. The Morgan fingerprint density at radius 1 is 1.24 bits per heavy atom. The predicted octanol–water partition coefficient (Wildman–Crippen LogP) is 3.55. The molecule has 25 heavy (non-hydrogen) atoms. The first kappa shape index (κ1) is 17.4. The second-order valence-corrected chi connectivity index (χ2v) is 6.71. The van der Waals surface area contributed by atoms with Crippen molar-refractivity contribution in [2.75, 3.05) is 28.6 Å². The lowest BCUT2D eigenvalue weighted by atomic mass is 10.1. The zero-order valence-corrected chi connectivity index (χ0v) is 15.2. The lowest BCUT2D eigenvalue weighted by Crippen LogP contribution is -2.25. The van der Waals surface area contributed by atoms with E-state index in [0.717, 1.165) is 17.7 Å². The first-order chi connectivity index (χ1) is 11.9. The molecule has 2 aromatic rings. The third-order valence-corrected chi connectivity index (χ3v) is 4.50. The Balaban J connectivity index is 1.61. The largest absolute Gasteiger partial charge is 0.374 e. The van der Waals surface area contributed by atoms with Gasteiger partial charge in [-0.1, -0.05) is 15.9 Å². The minimum absolute atomic E-state index is 0.0104. The Morgan fingerprint density at radius 2 is 2.04 bits per heavy atom. The van der Waals surface area contributed by atoms with Crippen molar-refractivity contribution in [1.82, 2.24) is 0 Å². The molecule has 1 aliphatic heterocycles. The highest BCUT2D eigenvalue weighted by Crippen LogP contribution is 2.30. The average Bonchev–Trinajstić information content (AvgIpc) is 2.97. The van der Waals surface area contributed by atoms with Crippen LogP contribution in [0.2, 0.25) is 0 Å². The molecule has 0 bridgehead atoms. The summed E-state index contributed by atoms with van der Waals surface area (Å²) in [5.74, 6) is -0.691. The molecule has 1 heterocycles. The summed E-state index contributed by atoms with van der Waals surface area (Å²) in [6, 6.07) is 10.1. The Morgan fingerprint density at radius 3 is 2.76 bits per heavy atom. The highest BCUT2D eigenvalue weighted by Gasteiger charge is 2.22. The fourth-order valence-electron chi connectivity index (χ4n) is 2.82. The molecule has 5 nitrogen and oxygen atoms in total. The Kier molecular flexibility index (Phi) is 5.03. The lowest BCUT2D eigenvalue weighted by molar-refractivity contribution is -0.116. The third kappa shape index (κ3) is 3.99. The summed E-state index contributed by atoms with van der Waals surface area (Å²) in [4.78, 5) is 25.3. The van der Waals surface area contributed by atoms with E-state index in [2.05, 4.69) is 26.6 Å². The Bertz CT molecular complexity index is 841. The van der Waals surface area contributed by atoms with Crippen LogP contribution in [-0.2, 0) is 16.0 Å². The summed E-state index contributed by atoms with van der Waals surface area (Å²) in [5, 5.41) is 5.55. The summed E-state index contributed by atoms with van der Waals surface area (Å²) < 4.78 is 14.4. The van der Waals surface area contributed by atoms with Gasteiger partial charge < -0.3 is 15.5 Å². The number of anilines is 3. The summed E-state index contributed by atoms with van der Waals surface area (Å²) in [6.07, 6.45) is 0.765. The fraction of sp³-hybridized carbons (Fsp3) is 0.222. The third-order valence-electron chi connectivity index (χ3n) is 4.01. The maximum absolute atomic E-state index is 13.7. The van der Waals surface area contributed by atoms with Crippen molar-refractivity contribution in [3.63, 3.8) is 0 Å². The standard InChI is InChI=1S/C18H17BrFN3O2/c1-11(24)23-7-6-12-8-14(3-5-17(12)23)22-18(25)10-21-16-4-2-13(19)9-15(16)20/h2-5,8-9,21H,6-7,10H2,1H3,(H,22,25). The number of amides is 2. The molecule has 0 radical (unpaired) electrons. The van der Waals surface area contributed by atoms with Gasteiger partial charge in [0.25, 0.3) is 0 Å². The highest BCUT2D eigenvalue weighted by molar-refractivity contribution is 9.10. The maximum Gasteiger partial charge on any atom is 0.243 e. The molecular weight excluding hydrogens is 389 g/mol. The number of carbonyl (C=O) groups is 2. The molecule has 130 valence electrons. The number of rotatable bonds is 4. The van der Waals surface area contributed by atoms with Crippen molar-refractivity contribution >= 4 is 44.8 Å². The number of benzene rings is 2. The van der Waals surface area contributed by atoms with Crippen LogP contribution >= 0.6 is 15.9 Å². The number of hydrogen-bond acceptors (Lipinski definition) is 3. The number of halogens is 2. The van der Waals surface area contributed by atoms with Crippen molar-refractivity contribution in [3.8, 4) is 0 Å². The molecule has 2 aromatic carbocycles. The van der Waals surface area contributed by atoms with E-state index in [4.69, 9.17) is 0 Å². The summed E-state index contributed by atoms with van der Waals surface area (Å²) >= 11 is 3.19. The van der Waals surface area contributed by atoms with Crippen LogP contribution in [0.1, 0.15) is 12.5 Å². The molecular formula is C18H17BrFN3O2. The van der Waals surface area contributed by atoms with Gasteiger partial charge in [-0.25, -0.2) is 4.39 Å². The fourth-order valence-corrected chi connectivity index (χ4v) is 3.15. The van der Waals surface area contributed by atoms with Crippen LogP contribution in [0.25, 0.3) is 0 Å². The number of carbonyl (C=O) groups excluding carboxylic acids is 2. The van der Waals surface area contributed by atoms with Crippen molar-refractivity contribution in [2.45, 2.75) is 13.3 Å². The molecule has 0 unspecified atom stereocenters. The smallest absolute Gasteiger partial charge is 0.243 e. The van der Waals surface area contributed by atoms with Crippen molar-refractivity contribution in [3.05, 3.63) is 52.3 Å². The van der Waals surface area contributed by atoms with Crippen LogP contribution in [0, 0.1) is 5.82 Å². The average molecular weight is 406 g/mol. The number of nitrogens with one attached hydrogen (secondary N) is 2. The molecule has 2 N–H and O–H groups in total. The van der Waals surface area contributed by atoms with Gasteiger partial charge in [-0.05, 0) is 48.4 Å². The van der Waals surface area contributed by atoms with E-state index in [1.807, 2.05) is 12.1 Å². The second-order valence-electron chi connectivity index (χ2n) is 5.79. The van der Waals surface area contributed by atoms with Gasteiger partial charge in [-0.15, -0.1) is 0 Å². The molecule has 0 saturated carbocycles. The zero-order valence-electron chi connectivity index (χ0n) is 13.6. The van der Waals surface area contributed by atoms with Crippen LogP contribution in [0.3, 0.4) is 0 Å². The minimum Gasteiger partial charge on any atom is -0.374 e. The normalized spacial score (nSPS) is 12.7. The maximum atomic E-state index is 13.7. The summed E-state index contributed by atoms with van der Waals surface area (Å²) in [5.41, 5.74) is 2.84. The van der Waals surface area contributed by atoms with Gasteiger partial charge >= 0.3 is 0 Å². The van der Waals surface area contributed by atoms with Crippen LogP contribution in [-0.4, -0.2) is 24.9 Å². The van der Waals surface area contributed by atoms with Gasteiger partial charge in [-0.3, -0.25) is 9.59 Å². The molecule has 7 heteroatoms. The van der Waals surface area contributed by atoms with Gasteiger partial charge in [0.1, 0.15) is 5.82 Å². The van der Waals surface area contributed by atoms with E-state index < -0.39 is 5.82 Å². The molecule has 1 aliphatic rings. The topological polar surface area (TPSA) is 61.4 Å². The van der Waals surface area contributed by atoms with Crippen LogP contribution < -0.4 is 15.5 Å². The number of hydrogen-bond donors (Lipinski definition) is 2. The quantitative estimate of drug-likeness (QED) is 0.817. The summed E-state index contributed by atoms with van der Waals surface area (Å²) in [7, 11) is 0.